The first-order valence-electron chi connectivity index (χ1n) is 32.0. The van der Waals surface area contributed by atoms with Crippen molar-refractivity contribution in [2.45, 2.75) is 252 Å². The topological polar surface area (TPSA) is 250 Å². The Morgan fingerprint density at radius 3 is 1.73 bits per heavy atom. The van der Waals surface area contributed by atoms with Crippen LogP contribution < -0.4 is 26.0 Å². The predicted octanol–water partition coefficient (Wildman–Crippen LogP) is 13.1. The van der Waals surface area contributed by atoms with Crippen LogP contribution >= 0.6 is 7.82 Å². The highest BCUT2D eigenvalue weighted by Crippen LogP contribution is 2.43. The Morgan fingerprint density at radius 2 is 1.18 bits per heavy atom. The van der Waals surface area contributed by atoms with E-state index < -0.39 is 68.9 Å². The molecule has 1 heterocycles. The SMILES string of the molecule is CCCCCCCCCCCCCCCC(=O)OC[C@H](CNC(=O)[C@H](COP(=O)(O)OCCNC(=O)[C@@H](NC(=O)Cc1c[nH]c2ccc(OCc3ccccc3)cc12)[C@@H](C)CC)NC(C)=O)OC(=O)CCCCCCCCCCCCCCC. The third-order valence-corrected chi connectivity index (χ3v) is 16.1. The molecule has 0 aliphatic rings. The number of unbranched alkanes of at least 4 members (excludes halogenated alkanes) is 24. The van der Waals surface area contributed by atoms with Crippen molar-refractivity contribution in [1.82, 2.24) is 26.3 Å². The Hall–Kier alpha value is -5.29. The van der Waals surface area contributed by atoms with Crippen LogP contribution in [0.3, 0.4) is 0 Å². The monoisotopic (exact) mass is 1200 g/mol. The Balaban J connectivity index is 1.47. The van der Waals surface area contributed by atoms with E-state index in [9.17, 15) is 38.2 Å². The highest BCUT2D eigenvalue weighted by atomic mass is 31.2. The van der Waals surface area contributed by atoms with Crippen molar-refractivity contribution in [2.24, 2.45) is 5.92 Å². The number of H-pyrrole nitrogens is 1. The number of ether oxygens (including phenoxy) is 3. The normalized spacial score (nSPS) is 13.5. The first kappa shape index (κ1) is 73.0. The number of nitrogens with one attached hydrogen (secondary N) is 5. The molecule has 3 aromatic rings. The minimum atomic E-state index is -4.86. The van der Waals surface area contributed by atoms with E-state index in [1.165, 1.54) is 116 Å². The van der Waals surface area contributed by atoms with Crippen LogP contribution in [0.25, 0.3) is 10.9 Å². The summed E-state index contributed by atoms with van der Waals surface area (Å²) in [6.07, 6.45) is 32.0. The first-order valence-corrected chi connectivity index (χ1v) is 33.5. The van der Waals surface area contributed by atoms with Crippen molar-refractivity contribution < 1.29 is 61.5 Å². The summed E-state index contributed by atoms with van der Waals surface area (Å²) in [7, 11) is -4.86. The van der Waals surface area contributed by atoms with Crippen LogP contribution in [-0.2, 0) is 64.9 Å². The highest BCUT2D eigenvalue weighted by Gasteiger charge is 2.30. The van der Waals surface area contributed by atoms with E-state index in [0.717, 1.165) is 67.5 Å². The van der Waals surface area contributed by atoms with Crippen molar-refractivity contribution in [1.29, 1.82) is 0 Å². The van der Waals surface area contributed by atoms with Gasteiger partial charge in [-0.1, -0.05) is 219 Å². The van der Waals surface area contributed by atoms with E-state index in [-0.39, 0.29) is 50.8 Å². The van der Waals surface area contributed by atoms with E-state index in [4.69, 9.17) is 23.3 Å². The number of rotatable bonds is 51. The third kappa shape index (κ3) is 34.0. The van der Waals surface area contributed by atoms with Gasteiger partial charge in [-0.05, 0) is 48.1 Å². The summed E-state index contributed by atoms with van der Waals surface area (Å²) in [6.45, 7) is 7.63. The van der Waals surface area contributed by atoms with Gasteiger partial charge in [0.1, 0.15) is 31.0 Å². The molecule has 4 amide bonds. The number of fused-ring (bicyclic) bond motifs is 1. The van der Waals surface area contributed by atoms with Gasteiger partial charge in [0.25, 0.3) is 0 Å². The average molecular weight is 1200 g/mol. The van der Waals surface area contributed by atoms with Gasteiger partial charge in [-0.3, -0.25) is 37.8 Å². The number of benzene rings is 2. The second-order valence-electron chi connectivity index (χ2n) is 22.6. The number of phosphoric ester groups is 1. The molecule has 1 unspecified atom stereocenters. The number of esters is 2. The lowest BCUT2D eigenvalue weighted by atomic mass is 9.98. The van der Waals surface area contributed by atoms with Gasteiger partial charge in [0.2, 0.25) is 23.6 Å². The van der Waals surface area contributed by atoms with Crippen LogP contribution in [0, 0.1) is 5.92 Å². The Bertz CT molecular complexity index is 2350. The number of hydrogen-bond donors (Lipinski definition) is 6. The number of hydrogen-bond acceptors (Lipinski definition) is 12. The molecule has 0 bridgehead atoms. The molecule has 0 aliphatic carbocycles. The summed E-state index contributed by atoms with van der Waals surface area (Å²) >= 11 is 0. The van der Waals surface area contributed by atoms with Gasteiger partial charge in [-0.25, -0.2) is 4.57 Å². The molecule has 1 aromatic heterocycles. The fourth-order valence-electron chi connectivity index (χ4n) is 9.86. The zero-order valence-electron chi connectivity index (χ0n) is 51.8. The molecule has 0 saturated carbocycles. The third-order valence-electron chi connectivity index (χ3n) is 15.1. The van der Waals surface area contributed by atoms with Crippen LogP contribution in [0.1, 0.15) is 232 Å². The van der Waals surface area contributed by atoms with Gasteiger partial charge in [-0.2, -0.15) is 0 Å². The van der Waals surface area contributed by atoms with Gasteiger partial charge in [0.05, 0.1) is 26.2 Å². The fraction of sp³-hybridized carbons (Fsp3) is 0.692. The van der Waals surface area contributed by atoms with Crippen molar-refractivity contribution in [3.8, 4) is 5.75 Å². The first-order chi connectivity index (χ1) is 40.6. The second kappa shape index (κ2) is 45.1. The lowest BCUT2D eigenvalue weighted by Crippen LogP contribution is -2.51. The van der Waals surface area contributed by atoms with Crippen LogP contribution in [-0.4, -0.2) is 96.5 Å². The number of phosphoric acid groups is 1. The number of aromatic amines is 1. The summed E-state index contributed by atoms with van der Waals surface area (Å²) in [6, 6.07) is 13.0. The minimum Gasteiger partial charge on any atom is -0.489 e. The second-order valence-corrected chi connectivity index (χ2v) is 24.0. The molecule has 3 rings (SSSR count). The molecule has 474 valence electrons. The van der Waals surface area contributed by atoms with Crippen molar-refractivity contribution in [3.63, 3.8) is 0 Å². The van der Waals surface area contributed by atoms with Crippen LogP contribution in [0.4, 0.5) is 0 Å². The van der Waals surface area contributed by atoms with Gasteiger partial charge < -0.3 is 45.4 Å². The average Bonchev–Trinajstić information content (AvgIpc) is 3.59. The molecule has 0 saturated heterocycles. The highest BCUT2D eigenvalue weighted by molar-refractivity contribution is 7.47. The summed E-state index contributed by atoms with van der Waals surface area (Å²) in [4.78, 5) is 92.3. The zero-order valence-corrected chi connectivity index (χ0v) is 52.6. The van der Waals surface area contributed by atoms with Gasteiger partial charge in [0, 0.05) is 43.4 Å². The molecule has 19 heteroatoms. The molecule has 84 heavy (non-hydrogen) atoms. The van der Waals surface area contributed by atoms with Gasteiger partial charge in [-0.15, -0.1) is 0 Å². The number of carbonyl (C=O) groups excluding carboxylic acids is 6. The van der Waals surface area contributed by atoms with E-state index in [2.05, 4.69) is 40.1 Å². The Labute approximate surface area is 502 Å². The van der Waals surface area contributed by atoms with Gasteiger partial charge >= 0.3 is 19.8 Å². The number of amides is 4. The molecule has 5 atom stereocenters. The Kier molecular flexibility index (Phi) is 39.2. The zero-order chi connectivity index (χ0) is 61.1. The summed E-state index contributed by atoms with van der Waals surface area (Å²) in [5.41, 5.74) is 2.56. The number of aromatic nitrogens is 1. The van der Waals surface area contributed by atoms with Gasteiger partial charge in [0.15, 0.2) is 6.10 Å². The van der Waals surface area contributed by atoms with Crippen molar-refractivity contribution in [2.75, 3.05) is 32.9 Å². The maximum Gasteiger partial charge on any atom is 0.472 e. The predicted molar refractivity (Wildman–Crippen MR) is 331 cm³/mol. The molecule has 18 nitrogen and oxygen atoms in total. The molecule has 2 aromatic carbocycles. The summed E-state index contributed by atoms with van der Waals surface area (Å²) in [5, 5.41) is 11.3. The maximum atomic E-state index is 13.5. The van der Waals surface area contributed by atoms with Crippen molar-refractivity contribution >= 4 is 54.3 Å². The van der Waals surface area contributed by atoms with E-state index in [1.807, 2.05) is 62.4 Å². The van der Waals surface area contributed by atoms with Crippen LogP contribution in [0.5, 0.6) is 5.75 Å². The summed E-state index contributed by atoms with van der Waals surface area (Å²) in [5.74, 6) is -2.94. The van der Waals surface area contributed by atoms with Crippen LogP contribution in [0.15, 0.2) is 54.7 Å². The molecule has 0 fully saturated rings. The molecule has 0 radical (unpaired) electrons. The lowest BCUT2D eigenvalue weighted by molar-refractivity contribution is -0.159. The molecule has 0 aliphatic heterocycles. The molecule has 6 N–H and O–H groups in total. The molecular formula is C65H106N5O13P. The molecular weight excluding hydrogens is 1090 g/mol. The van der Waals surface area contributed by atoms with Crippen molar-refractivity contribution in [3.05, 3.63) is 65.9 Å². The minimum absolute atomic E-state index is 0.0173. The largest absolute Gasteiger partial charge is 0.489 e. The fourth-order valence-corrected chi connectivity index (χ4v) is 10.6. The standard InChI is InChI=1S/C65H106N5O13P/c1-6-9-11-13-15-17-19-21-23-25-27-29-34-38-61(73)80-49-56(83-62(74)39-35-30-28-26-24-22-20-18-16-14-12-10-7-2)47-68-64(75)59(69-52(5)71)50-82-84(77,78)81-43-42-66-65(76)63(51(4)8-3)70-60(72)44-54-46-67-58-41-40-55(45-57(54)58)79-48-53-36-32-31-33-37-53/h31-33,36-37,40-41,45-46,51,56,59,63,67H,6-30,34-35,38-39,42-44,47-50H2,1-5H3,(H,66,76)(H,68,75)(H,69,71)(H,70,72)(H,77,78)/t51-,56-,59-,63-/m0/s1. The smallest absolute Gasteiger partial charge is 0.472 e. The maximum absolute atomic E-state index is 13.5. The van der Waals surface area contributed by atoms with Crippen LogP contribution in [0.2, 0.25) is 0 Å². The lowest BCUT2D eigenvalue weighted by Gasteiger charge is -2.24. The summed E-state index contributed by atoms with van der Waals surface area (Å²) < 4.78 is 40.6. The van der Waals surface area contributed by atoms with E-state index >= 15 is 0 Å². The van der Waals surface area contributed by atoms with E-state index in [0.29, 0.717) is 31.6 Å². The quantitative estimate of drug-likeness (QED) is 0.0175. The number of carbonyl (C=O) groups is 6. The van der Waals surface area contributed by atoms with E-state index in [1.54, 1.807) is 6.20 Å². The Morgan fingerprint density at radius 1 is 0.631 bits per heavy atom. The molecule has 0 spiro atoms.